The summed E-state index contributed by atoms with van der Waals surface area (Å²) in [6, 6.07) is 0. The highest BCUT2D eigenvalue weighted by molar-refractivity contribution is 6.29. The molecule has 5 heteroatoms. The highest BCUT2D eigenvalue weighted by atomic mass is 35.5. The molecule has 0 aliphatic rings. The normalized spacial score (nSPS) is 12.0. The molecule has 0 bridgehead atoms. The first-order valence-corrected chi connectivity index (χ1v) is 4.03. The fraction of sp³-hybridized carbons (Fsp3) is 0.571. The van der Waals surface area contributed by atoms with Crippen LogP contribution in [0, 0.1) is 0 Å². The van der Waals surface area contributed by atoms with Gasteiger partial charge in [0.25, 0.3) is 0 Å². The Bertz CT molecular complexity index is 326. The first-order chi connectivity index (χ1) is 5.49. The number of hydrogen-bond acceptors (Lipinski definition) is 2. The Morgan fingerprint density at radius 1 is 1.75 bits per heavy atom. The first kappa shape index (κ1) is 9.35. The Kier molecular flexibility index (Phi) is 2.30. The number of aromatic nitrogens is 2. The zero-order chi connectivity index (χ0) is 9.35. The molecule has 0 fully saturated rings. The van der Waals surface area contributed by atoms with Crippen molar-refractivity contribution >= 4 is 11.6 Å². The maximum Gasteiger partial charge on any atom is 0.327 e. The molecule has 0 spiro atoms. The van der Waals surface area contributed by atoms with E-state index in [9.17, 15) is 4.79 Å². The van der Waals surface area contributed by atoms with Crippen molar-refractivity contribution in [3.05, 3.63) is 21.8 Å². The second-order valence-corrected chi connectivity index (χ2v) is 3.66. The summed E-state index contributed by atoms with van der Waals surface area (Å²) in [6.07, 6.45) is 1.46. The molecular formula is C7H12ClN3O. The third kappa shape index (κ3) is 1.40. The summed E-state index contributed by atoms with van der Waals surface area (Å²) in [5.74, 6) is 0. The third-order valence-electron chi connectivity index (χ3n) is 1.84. The van der Waals surface area contributed by atoms with Gasteiger partial charge in [-0.15, -0.1) is 0 Å². The number of rotatable bonds is 2. The van der Waals surface area contributed by atoms with Crippen molar-refractivity contribution in [3.63, 3.8) is 0 Å². The smallest absolute Gasteiger partial charge is 0.327 e. The van der Waals surface area contributed by atoms with Gasteiger partial charge in [-0.25, -0.2) is 4.79 Å². The fourth-order valence-corrected chi connectivity index (χ4v) is 1.36. The maximum absolute atomic E-state index is 11.2. The Labute approximate surface area is 75.3 Å². The minimum atomic E-state index is -0.436. The second-order valence-electron chi connectivity index (χ2n) is 3.27. The van der Waals surface area contributed by atoms with Gasteiger partial charge in [0.15, 0.2) is 0 Å². The predicted molar refractivity (Wildman–Crippen MR) is 48.4 cm³/mol. The van der Waals surface area contributed by atoms with E-state index in [-0.39, 0.29) is 5.69 Å². The Morgan fingerprint density at radius 3 is 2.67 bits per heavy atom. The average Bonchev–Trinajstić information content (AvgIpc) is 2.31. The van der Waals surface area contributed by atoms with Crippen LogP contribution in [0.4, 0.5) is 0 Å². The van der Waals surface area contributed by atoms with Gasteiger partial charge in [-0.1, -0.05) is 11.6 Å². The van der Waals surface area contributed by atoms with Gasteiger partial charge in [-0.05, 0) is 13.8 Å². The van der Waals surface area contributed by atoms with Crippen LogP contribution in [0.15, 0.2) is 11.0 Å². The lowest BCUT2D eigenvalue weighted by molar-refractivity contribution is 0.357. The number of nitrogens with zero attached hydrogens (tertiary/aromatic N) is 1. The molecule has 0 saturated heterocycles. The monoisotopic (exact) mass is 189 g/mol. The summed E-state index contributed by atoms with van der Waals surface area (Å²) in [6.45, 7) is 4.08. The van der Waals surface area contributed by atoms with E-state index in [1.807, 2.05) is 13.8 Å². The standard InChI is InChI=1S/C7H12ClN3O/c1-7(2,4-9)11-5(8)3-10-6(11)12/h3H,4,9H2,1-2H3,(H,10,12). The number of aromatic amines is 1. The molecule has 0 radical (unpaired) electrons. The minimum absolute atomic E-state index is 0.226. The molecule has 0 aliphatic carbocycles. The van der Waals surface area contributed by atoms with Crippen molar-refractivity contribution in [1.29, 1.82) is 0 Å². The summed E-state index contributed by atoms with van der Waals surface area (Å²) in [5.41, 5.74) is 4.84. The molecular weight excluding hydrogens is 178 g/mol. The molecule has 68 valence electrons. The molecule has 1 heterocycles. The van der Waals surface area contributed by atoms with E-state index in [1.165, 1.54) is 10.8 Å². The van der Waals surface area contributed by atoms with E-state index in [0.717, 1.165) is 0 Å². The lowest BCUT2D eigenvalue weighted by Gasteiger charge is -2.23. The zero-order valence-electron chi connectivity index (χ0n) is 7.10. The van der Waals surface area contributed by atoms with Gasteiger partial charge in [-0.3, -0.25) is 4.57 Å². The second kappa shape index (κ2) is 2.95. The summed E-state index contributed by atoms with van der Waals surface area (Å²) in [4.78, 5) is 13.7. The van der Waals surface area contributed by atoms with E-state index in [2.05, 4.69) is 4.98 Å². The van der Waals surface area contributed by atoms with Gasteiger partial charge in [0, 0.05) is 12.7 Å². The van der Waals surface area contributed by atoms with Crippen LogP contribution in [-0.4, -0.2) is 16.1 Å². The van der Waals surface area contributed by atoms with Crippen LogP contribution in [-0.2, 0) is 5.54 Å². The van der Waals surface area contributed by atoms with Gasteiger partial charge in [0.2, 0.25) is 0 Å². The van der Waals surface area contributed by atoms with Crippen LogP contribution in [0.1, 0.15) is 13.8 Å². The van der Waals surface area contributed by atoms with Gasteiger partial charge >= 0.3 is 5.69 Å². The van der Waals surface area contributed by atoms with Crippen LogP contribution >= 0.6 is 11.6 Å². The van der Waals surface area contributed by atoms with E-state index < -0.39 is 5.54 Å². The zero-order valence-corrected chi connectivity index (χ0v) is 7.85. The van der Waals surface area contributed by atoms with E-state index in [0.29, 0.717) is 11.7 Å². The topological polar surface area (TPSA) is 63.8 Å². The maximum atomic E-state index is 11.2. The van der Waals surface area contributed by atoms with Gasteiger partial charge in [-0.2, -0.15) is 0 Å². The minimum Gasteiger partial charge on any atom is -0.328 e. The van der Waals surface area contributed by atoms with Crippen molar-refractivity contribution in [2.24, 2.45) is 5.73 Å². The van der Waals surface area contributed by atoms with E-state index in [4.69, 9.17) is 17.3 Å². The lowest BCUT2D eigenvalue weighted by Crippen LogP contribution is -2.41. The molecule has 0 aromatic carbocycles. The van der Waals surface area contributed by atoms with E-state index >= 15 is 0 Å². The summed E-state index contributed by atoms with van der Waals surface area (Å²) in [5, 5.41) is 0.385. The predicted octanol–water partition coefficient (Wildman–Crippen LogP) is 0.524. The van der Waals surface area contributed by atoms with Crippen molar-refractivity contribution in [2.45, 2.75) is 19.4 Å². The number of nitrogens with two attached hydrogens (primary N) is 1. The van der Waals surface area contributed by atoms with Crippen LogP contribution in [0.25, 0.3) is 0 Å². The van der Waals surface area contributed by atoms with Crippen molar-refractivity contribution < 1.29 is 0 Å². The van der Waals surface area contributed by atoms with Crippen LogP contribution in [0.2, 0.25) is 5.15 Å². The molecule has 1 aromatic heterocycles. The summed E-state index contributed by atoms with van der Waals surface area (Å²) in [7, 11) is 0. The molecule has 0 saturated carbocycles. The number of hydrogen-bond donors (Lipinski definition) is 2. The Hall–Kier alpha value is -0.740. The number of halogens is 1. The lowest BCUT2D eigenvalue weighted by atomic mass is 10.1. The number of nitrogens with one attached hydrogen (secondary N) is 1. The Balaban J connectivity index is 3.26. The molecule has 4 nitrogen and oxygen atoms in total. The molecule has 0 amide bonds. The Morgan fingerprint density at radius 2 is 2.33 bits per heavy atom. The van der Waals surface area contributed by atoms with Crippen molar-refractivity contribution in [3.8, 4) is 0 Å². The summed E-state index contributed by atoms with van der Waals surface area (Å²) < 4.78 is 1.44. The van der Waals surface area contributed by atoms with Crippen molar-refractivity contribution in [2.75, 3.05) is 6.54 Å². The molecule has 0 unspecified atom stereocenters. The largest absolute Gasteiger partial charge is 0.328 e. The number of imidazole rings is 1. The third-order valence-corrected chi connectivity index (χ3v) is 2.11. The highest BCUT2D eigenvalue weighted by Crippen LogP contribution is 2.16. The fourth-order valence-electron chi connectivity index (χ4n) is 1.00. The SMILES string of the molecule is CC(C)(CN)n1c(Cl)c[nH]c1=O. The van der Waals surface area contributed by atoms with Gasteiger partial charge in [0.1, 0.15) is 5.15 Å². The van der Waals surface area contributed by atoms with Crippen LogP contribution in [0.5, 0.6) is 0 Å². The van der Waals surface area contributed by atoms with Crippen LogP contribution in [0.3, 0.4) is 0 Å². The molecule has 3 N–H and O–H groups in total. The molecule has 0 aliphatic heterocycles. The first-order valence-electron chi connectivity index (χ1n) is 3.65. The highest BCUT2D eigenvalue weighted by Gasteiger charge is 2.22. The van der Waals surface area contributed by atoms with Crippen LogP contribution < -0.4 is 11.4 Å². The van der Waals surface area contributed by atoms with Crippen molar-refractivity contribution in [1.82, 2.24) is 9.55 Å². The molecule has 12 heavy (non-hydrogen) atoms. The number of H-pyrrole nitrogens is 1. The average molecular weight is 190 g/mol. The summed E-state index contributed by atoms with van der Waals surface area (Å²) >= 11 is 5.78. The van der Waals surface area contributed by atoms with E-state index in [1.54, 1.807) is 0 Å². The quantitative estimate of drug-likeness (QED) is 0.713. The molecule has 0 atom stereocenters. The van der Waals surface area contributed by atoms with Gasteiger partial charge in [0.05, 0.1) is 5.54 Å². The van der Waals surface area contributed by atoms with Gasteiger partial charge < -0.3 is 10.7 Å². The molecule has 1 aromatic rings. The molecule has 1 rings (SSSR count).